The largest absolute Gasteiger partial charge is 0.496 e. The summed E-state index contributed by atoms with van der Waals surface area (Å²) in [5, 5.41) is 24.3. The van der Waals surface area contributed by atoms with Crippen molar-refractivity contribution in [2.75, 3.05) is 41.2 Å². The molecular weight excluding hydrogens is 747 g/mol. The number of ether oxygens (including phenoxy) is 5. The summed E-state index contributed by atoms with van der Waals surface area (Å²) in [6, 6.07) is 15.7. The number of oxime groups is 1. The Morgan fingerprint density at radius 3 is 2.40 bits per heavy atom. The Hall–Kier alpha value is -5.24. The molecule has 58 heavy (non-hydrogen) atoms. The summed E-state index contributed by atoms with van der Waals surface area (Å²) in [7, 11) is 4.29. The third-order valence-electron chi connectivity index (χ3n) is 11.5. The molecule has 12 nitrogen and oxygen atoms in total. The molecule has 3 aromatic rings. The Labute approximate surface area is 338 Å². The number of benzene rings is 3. The Kier molecular flexibility index (Phi) is 14.2. The fourth-order valence-corrected chi connectivity index (χ4v) is 9.03. The highest BCUT2D eigenvalue weighted by Crippen LogP contribution is 2.62. The first-order chi connectivity index (χ1) is 28.2. The highest BCUT2D eigenvalue weighted by Gasteiger charge is 2.65. The molecule has 1 saturated carbocycles. The number of carbonyl (C=O) groups excluding carboxylic acids is 2. The second-order valence-electron chi connectivity index (χ2n) is 14.8. The first-order valence-corrected chi connectivity index (χ1v) is 19.8. The van der Waals surface area contributed by atoms with Gasteiger partial charge in [0.25, 0.3) is 0 Å². The van der Waals surface area contributed by atoms with Crippen molar-refractivity contribution >= 4 is 18.1 Å². The van der Waals surface area contributed by atoms with Gasteiger partial charge in [-0.1, -0.05) is 42.3 Å². The van der Waals surface area contributed by atoms with E-state index in [-0.39, 0.29) is 50.5 Å². The highest BCUT2D eigenvalue weighted by atomic mass is 19.1. The summed E-state index contributed by atoms with van der Waals surface area (Å²) < 4.78 is 45.4. The lowest BCUT2D eigenvalue weighted by Gasteiger charge is -2.59. The van der Waals surface area contributed by atoms with Crippen LogP contribution in [0.5, 0.6) is 23.0 Å². The van der Waals surface area contributed by atoms with Gasteiger partial charge in [0.15, 0.2) is 6.29 Å². The van der Waals surface area contributed by atoms with Gasteiger partial charge in [-0.25, -0.2) is 9.18 Å². The van der Waals surface area contributed by atoms with Crippen LogP contribution in [0.15, 0.2) is 90.1 Å². The molecule has 6 rings (SSSR count). The summed E-state index contributed by atoms with van der Waals surface area (Å²) in [6.45, 7) is 4.22. The maximum Gasteiger partial charge on any atom is 0.410 e. The second-order valence-corrected chi connectivity index (χ2v) is 14.8. The van der Waals surface area contributed by atoms with Crippen molar-refractivity contribution in [1.29, 1.82) is 0 Å². The van der Waals surface area contributed by atoms with E-state index in [4.69, 9.17) is 28.5 Å². The van der Waals surface area contributed by atoms with Crippen LogP contribution in [0.2, 0.25) is 0 Å². The molecule has 6 unspecified atom stereocenters. The van der Waals surface area contributed by atoms with Crippen molar-refractivity contribution in [3.8, 4) is 23.0 Å². The van der Waals surface area contributed by atoms with E-state index in [1.54, 1.807) is 47.4 Å². The molecule has 0 bridgehead atoms. The van der Waals surface area contributed by atoms with Gasteiger partial charge in [-0.15, -0.1) is 6.58 Å². The minimum absolute atomic E-state index is 0.0162. The molecule has 0 radical (unpaired) electrons. The number of unbranched alkanes of at least 4 members (excludes halogenated alkanes) is 2. The number of aliphatic hydroxyl groups is 2. The summed E-state index contributed by atoms with van der Waals surface area (Å²) in [5.41, 5.74) is 3.35. The van der Waals surface area contributed by atoms with Gasteiger partial charge < -0.3 is 38.7 Å². The van der Waals surface area contributed by atoms with Gasteiger partial charge in [0.05, 0.1) is 38.0 Å². The summed E-state index contributed by atoms with van der Waals surface area (Å²) >= 11 is 0. The van der Waals surface area contributed by atoms with Gasteiger partial charge in [0.1, 0.15) is 42.0 Å². The number of carbonyl (C=O) groups is 2. The van der Waals surface area contributed by atoms with Crippen LogP contribution < -0.4 is 14.2 Å². The highest BCUT2D eigenvalue weighted by molar-refractivity contribution is 6.03. The van der Waals surface area contributed by atoms with E-state index in [0.29, 0.717) is 59.0 Å². The average molecular weight is 801 g/mol. The first-order valence-electron chi connectivity index (χ1n) is 19.8. The lowest BCUT2D eigenvalue weighted by Crippen LogP contribution is -2.70. The Bertz CT molecular complexity index is 1970. The van der Waals surface area contributed by atoms with Gasteiger partial charge >= 0.3 is 6.09 Å². The minimum atomic E-state index is -1.51. The third-order valence-corrected chi connectivity index (χ3v) is 11.5. The lowest BCUT2D eigenvalue weighted by atomic mass is 9.55. The number of aliphatic hydroxyl groups excluding tert-OH is 2. The van der Waals surface area contributed by atoms with Gasteiger partial charge in [-0.3, -0.25) is 9.69 Å². The van der Waals surface area contributed by atoms with Crippen molar-refractivity contribution in [3.63, 3.8) is 0 Å². The predicted molar refractivity (Wildman–Crippen MR) is 215 cm³/mol. The normalized spacial score (nSPS) is 23.7. The molecule has 0 saturated heterocycles. The van der Waals surface area contributed by atoms with Crippen LogP contribution in [0, 0.1) is 23.6 Å². The van der Waals surface area contributed by atoms with Crippen molar-refractivity contribution in [2.24, 2.45) is 22.9 Å². The molecule has 1 aliphatic heterocycles. The second kappa shape index (κ2) is 19.5. The molecule has 0 spiro atoms. The van der Waals surface area contributed by atoms with Crippen LogP contribution in [0.4, 0.5) is 9.18 Å². The van der Waals surface area contributed by atoms with Gasteiger partial charge in [0.2, 0.25) is 5.79 Å². The van der Waals surface area contributed by atoms with E-state index in [9.17, 15) is 24.2 Å². The van der Waals surface area contributed by atoms with E-state index in [0.717, 1.165) is 36.8 Å². The fraction of sp³-hybridized carbons (Fsp3) is 0.444. The van der Waals surface area contributed by atoms with Crippen molar-refractivity contribution in [3.05, 3.63) is 107 Å². The number of rotatable bonds is 19. The van der Waals surface area contributed by atoms with Crippen molar-refractivity contribution in [1.82, 2.24) is 4.90 Å². The number of methoxy groups -OCH3 is 2. The molecule has 2 N–H and O–H groups in total. The zero-order valence-electron chi connectivity index (χ0n) is 33.3. The molecule has 0 aromatic heterocycles. The first kappa shape index (κ1) is 42.4. The third kappa shape index (κ3) is 8.76. The number of hydrogen-bond acceptors (Lipinski definition) is 11. The average Bonchev–Trinajstić information content (AvgIpc) is 3.24. The molecular formula is C45H53FN2O10. The van der Waals surface area contributed by atoms with E-state index < -0.39 is 29.7 Å². The van der Waals surface area contributed by atoms with Gasteiger partial charge in [0, 0.05) is 37.7 Å². The number of amides is 1. The molecule has 3 aliphatic rings. The minimum Gasteiger partial charge on any atom is -0.496 e. The Morgan fingerprint density at radius 1 is 1.00 bits per heavy atom. The predicted octanol–water partition coefficient (Wildman–Crippen LogP) is 7.97. The van der Waals surface area contributed by atoms with E-state index in [1.165, 1.54) is 33.5 Å². The lowest BCUT2D eigenvalue weighted by molar-refractivity contribution is -0.256. The number of halogens is 1. The van der Waals surface area contributed by atoms with Crippen LogP contribution in [-0.2, 0) is 20.9 Å². The van der Waals surface area contributed by atoms with Crippen LogP contribution in [0.25, 0.3) is 0 Å². The Balaban J connectivity index is 1.58. The molecule has 6 atom stereocenters. The maximum atomic E-state index is 14.1. The van der Waals surface area contributed by atoms with Crippen LogP contribution in [-0.4, -0.2) is 86.2 Å². The molecule has 2 aliphatic carbocycles. The number of nitrogens with zero attached hydrogens (tertiary/aromatic N) is 2. The van der Waals surface area contributed by atoms with Crippen molar-refractivity contribution < 1.29 is 52.7 Å². The number of aldehydes is 1. The monoisotopic (exact) mass is 800 g/mol. The zero-order chi connectivity index (χ0) is 41.2. The SMILES string of the molecule is C=CCOC12Oc3ccc(Oc4ccc(OC)c(C=O)c4)cc3C3C(CCCCO)C(CCCCO)C=C(C(=NOC)CC1N(Cc1ccc(F)cc1)C(=O)OC)C32. The molecule has 310 valence electrons. The summed E-state index contributed by atoms with van der Waals surface area (Å²) in [6.07, 6.45) is 8.45. The molecule has 3 aromatic carbocycles. The summed E-state index contributed by atoms with van der Waals surface area (Å²) in [5.74, 6) is -0.847. The van der Waals surface area contributed by atoms with Gasteiger partial charge in [-0.05, 0) is 97.2 Å². The fourth-order valence-electron chi connectivity index (χ4n) is 9.03. The molecule has 13 heteroatoms. The quantitative estimate of drug-likeness (QED) is 0.0530. The van der Waals surface area contributed by atoms with E-state index in [1.807, 2.05) is 12.1 Å². The van der Waals surface area contributed by atoms with E-state index >= 15 is 0 Å². The number of fused-ring (bicyclic) bond motifs is 2. The topological polar surface area (TPSA) is 146 Å². The molecule has 1 fully saturated rings. The van der Waals surface area contributed by atoms with E-state index in [2.05, 4.69) is 17.8 Å². The maximum absolute atomic E-state index is 14.1. The van der Waals surface area contributed by atoms with Crippen LogP contribution in [0.1, 0.15) is 72.3 Å². The van der Waals surface area contributed by atoms with Crippen molar-refractivity contribution in [2.45, 2.75) is 69.2 Å². The van der Waals surface area contributed by atoms with Crippen LogP contribution >= 0.6 is 0 Å². The molecule has 1 heterocycles. The summed E-state index contributed by atoms with van der Waals surface area (Å²) in [4.78, 5) is 32.9. The Morgan fingerprint density at radius 2 is 1.72 bits per heavy atom. The number of allylic oxidation sites excluding steroid dienone is 1. The smallest absolute Gasteiger partial charge is 0.410 e. The molecule has 1 amide bonds. The number of hydrogen-bond donors (Lipinski definition) is 2. The van der Waals surface area contributed by atoms with Gasteiger partial charge in [-0.2, -0.15) is 0 Å². The zero-order valence-corrected chi connectivity index (χ0v) is 33.3. The van der Waals surface area contributed by atoms with Crippen LogP contribution in [0.3, 0.4) is 0 Å². The standard InChI is InChI=1S/C45H53FN2O10/c1-5-22-56-45-41(48(44(52)54-3)27-29-12-14-32(46)15-13-29)26-38(47-55-4)36-24-30(10-6-8-20-49)35(11-7-9-21-50)42(43(36)45)37-25-34(17-19-40(37)58-45)57-33-16-18-39(53-2)31(23-33)28-51/h5,12-19,23-25,28,30,35,41-43,49-50H,1,6-11,20-22,26-27H2,2-4H3.